The second-order valence-corrected chi connectivity index (χ2v) is 6.47. The normalized spacial score (nSPS) is 11.6. The summed E-state index contributed by atoms with van der Waals surface area (Å²) in [6, 6.07) is 13.1. The summed E-state index contributed by atoms with van der Waals surface area (Å²) < 4.78 is 18.1. The number of nitrogens with one attached hydrogen (secondary N) is 2. The van der Waals surface area contributed by atoms with Gasteiger partial charge in [-0.3, -0.25) is 9.59 Å². The molecule has 0 saturated carbocycles. The number of carbonyl (C=O) groups is 2. The predicted octanol–water partition coefficient (Wildman–Crippen LogP) is 0.946. The number of likely N-dealkylation sites (N-methyl/N-ethyl adjacent to an activating group) is 2. The molecule has 27 heavy (non-hydrogen) atoms. The van der Waals surface area contributed by atoms with E-state index in [1.807, 2.05) is 24.3 Å². The number of rotatable bonds is 8. The van der Waals surface area contributed by atoms with Crippen LogP contribution in [0.5, 0.6) is 5.75 Å². The molecule has 0 aliphatic heterocycles. The molecule has 2 rings (SSSR count). The Morgan fingerprint density at radius 3 is 2.52 bits per heavy atom. The fraction of sp³-hybridized carbons (Fsp3) is 0.300. The zero-order valence-electron chi connectivity index (χ0n) is 15.8. The molecule has 2 aromatic rings. The van der Waals surface area contributed by atoms with Crippen molar-refractivity contribution in [2.24, 2.45) is 0 Å². The number of amides is 2. The average Bonchev–Trinajstić information content (AvgIpc) is 2.63. The van der Waals surface area contributed by atoms with Gasteiger partial charge < -0.3 is 19.9 Å². The number of hydrogen-bond acceptors (Lipinski definition) is 3. The Kier molecular flexibility index (Phi) is 7.31. The maximum Gasteiger partial charge on any atom is 0.279 e. The van der Waals surface area contributed by atoms with Gasteiger partial charge in [-0.15, -0.1) is 0 Å². The maximum atomic E-state index is 12.9. The van der Waals surface area contributed by atoms with Gasteiger partial charge in [0.15, 0.2) is 13.1 Å². The Morgan fingerprint density at radius 1 is 1.15 bits per heavy atom. The third-order valence-electron chi connectivity index (χ3n) is 4.02. The first kappa shape index (κ1) is 20.4. The minimum absolute atomic E-state index is 0.0649. The molecule has 0 saturated heterocycles. The van der Waals surface area contributed by atoms with E-state index in [1.165, 1.54) is 24.3 Å². The van der Waals surface area contributed by atoms with Gasteiger partial charge in [0.05, 0.1) is 14.2 Å². The van der Waals surface area contributed by atoms with Crippen LogP contribution in [0.2, 0.25) is 0 Å². The Morgan fingerprint density at radius 2 is 1.85 bits per heavy atom. The second kappa shape index (κ2) is 9.68. The molecule has 2 aromatic carbocycles. The van der Waals surface area contributed by atoms with Crippen LogP contribution >= 0.6 is 0 Å². The number of carbonyl (C=O) groups excluding carboxylic acids is 2. The minimum Gasteiger partial charge on any atom is -0.497 e. The van der Waals surface area contributed by atoms with E-state index in [9.17, 15) is 14.0 Å². The van der Waals surface area contributed by atoms with Gasteiger partial charge >= 0.3 is 0 Å². The summed E-state index contributed by atoms with van der Waals surface area (Å²) in [5.41, 5.74) is 1.49. The largest absolute Gasteiger partial charge is 0.497 e. The molecule has 0 aliphatic rings. The molecule has 0 radical (unpaired) electrons. The molecule has 2 amide bonds. The molecule has 7 heteroatoms. The summed E-state index contributed by atoms with van der Waals surface area (Å²) in [6.45, 7) is 0.790. The van der Waals surface area contributed by atoms with Crippen LogP contribution in [0.25, 0.3) is 0 Å². The third-order valence-corrected chi connectivity index (χ3v) is 4.02. The number of benzene rings is 2. The van der Waals surface area contributed by atoms with Crippen LogP contribution in [-0.2, 0) is 16.1 Å². The zero-order valence-corrected chi connectivity index (χ0v) is 15.8. The van der Waals surface area contributed by atoms with Gasteiger partial charge in [-0.05, 0) is 42.0 Å². The lowest BCUT2D eigenvalue weighted by molar-refractivity contribution is -0.862. The van der Waals surface area contributed by atoms with E-state index in [0.29, 0.717) is 12.2 Å². The lowest BCUT2D eigenvalue weighted by atomic mass is 10.2. The first-order valence-electron chi connectivity index (χ1n) is 8.61. The molecular weight excluding hydrogens is 349 g/mol. The molecule has 0 aliphatic carbocycles. The van der Waals surface area contributed by atoms with Gasteiger partial charge in [-0.2, -0.15) is 0 Å². The van der Waals surface area contributed by atoms with Crippen molar-refractivity contribution in [1.82, 2.24) is 4.90 Å². The molecular formula is C20H25FN3O3+. The van der Waals surface area contributed by atoms with Crippen LogP contribution in [0.1, 0.15) is 5.56 Å². The highest BCUT2D eigenvalue weighted by Crippen LogP contribution is 2.13. The third kappa shape index (κ3) is 6.71. The number of anilines is 1. The SMILES string of the molecule is COc1cccc(CN(C)C(=O)C[NH+](C)CC(=O)Nc2ccc(F)cc2)c1. The number of methoxy groups -OCH3 is 1. The fourth-order valence-electron chi connectivity index (χ4n) is 2.60. The van der Waals surface area contributed by atoms with Gasteiger partial charge in [0.2, 0.25) is 0 Å². The quantitative estimate of drug-likeness (QED) is 0.723. The Labute approximate surface area is 158 Å². The van der Waals surface area contributed by atoms with Crippen molar-refractivity contribution in [3.8, 4) is 5.75 Å². The topological polar surface area (TPSA) is 63.1 Å². The van der Waals surface area contributed by atoms with E-state index in [0.717, 1.165) is 16.2 Å². The number of halogens is 1. The van der Waals surface area contributed by atoms with E-state index in [-0.39, 0.29) is 30.7 Å². The summed E-state index contributed by atoms with van der Waals surface area (Å²) >= 11 is 0. The van der Waals surface area contributed by atoms with Crippen molar-refractivity contribution >= 4 is 17.5 Å². The van der Waals surface area contributed by atoms with Crippen molar-refractivity contribution in [2.45, 2.75) is 6.54 Å². The van der Waals surface area contributed by atoms with Crippen LogP contribution < -0.4 is 15.0 Å². The minimum atomic E-state index is -0.361. The molecule has 144 valence electrons. The first-order chi connectivity index (χ1) is 12.9. The predicted molar refractivity (Wildman–Crippen MR) is 101 cm³/mol. The fourth-order valence-corrected chi connectivity index (χ4v) is 2.60. The van der Waals surface area contributed by atoms with Crippen LogP contribution in [0.15, 0.2) is 48.5 Å². The van der Waals surface area contributed by atoms with E-state index in [1.54, 1.807) is 26.1 Å². The lowest BCUT2D eigenvalue weighted by Crippen LogP contribution is -3.11. The lowest BCUT2D eigenvalue weighted by Gasteiger charge is -2.20. The van der Waals surface area contributed by atoms with E-state index in [2.05, 4.69) is 5.32 Å². The monoisotopic (exact) mass is 374 g/mol. The molecule has 0 heterocycles. The number of quaternary nitrogens is 1. The molecule has 6 nitrogen and oxygen atoms in total. The van der Waals surface area contributed by atoms with Gasteiger partial charge in [-0.25, -0.2) is 4.39 Å². The Balaban J connectivity index is 1.81. The molecule has 0 aromatic heterocycles. The summed E-state index contributed by atoms with van der Waals surface area (Å²) in [5, 5.41) is 2.69. The van der Waals surface area contributed by atoms with Crippen molar-refractivity contribution < 1.29 is 23.6 Å². The summed E-state index contributed by atoms with van der Waals surface area (Å²) in [6.07, 6.45) is 0. The van der Waals surface area contributed by atoms with Crippen LogP contribution in [-0.4, -0.2) is 51.0 Å². The Hall–Kier alpha value is -2.93. The molecule has 0 fully saturated rings. The highest BCUT2D eigenvalue weighted by atomic mass is 19.1. The van der Waals surface area contributed by atoms with Crippen LogP contribution in [0.3, 0.4) is 0 Å². The smallest absolute Gasteiger partial charge is 0.279 e. The highest BCUT2D eigenvalue weighted by molar-refractivity contribution is 5.91. The van der Waals surface area contributed by atoms with Crippen molar-refractivity contribution in [3.63, 3.8) is 0 Å². The zero-order chi connectivity index (χ0) is 19.8. The molecule has 1 atom stereocenters. The number of nitrogens with zero attached hydrogens (tertiary/aromatic N) is 1. The first-order valence-corrected chi connectivity index (χ1v) is 8.61. The van der Waals surface area contributed by atoms with Gasteiger partial charge in [0.25, 0.3) is 11.8 Å². The van der Waals surface area contributed by atoms with Gasteiger partial charge in [0, 0.05) is 19.3 Å². The average molecular weight is 374 g/mol. The van der Waals surface area contributed by atoms with Gasteiger partial charge in [0.1, 0.15) is 11.6 Å². The summed E-state index contributed by atoms with van der Waals surface area (Å²) in [7, 11) is 5.11. The van der Waals surface area contributed by atoms with Crippen LogP contribution in [0.4, 0.5) is 10.1 Å². The van der Waals surface area contributed by atoms with E-state index < -0.39 is 0 Å². The van der Waals surface area contributed by atoms with Crippen LogP contribution in [0, 0.1) is 5.82 Å². The van der Waals surface area contributed by atoms with Crippen molar-refractivity contribution in [2.75, 3.05) is 39.6 Å². The second-order valence-electron chi connectivity index (χ2n) is 6.47. The van der Waals surface area contributed by atoms with E-state index >= 15 is 0 Å². The summed E-state index contributed by atoms with van der Waals surface area (Å²) in [4.78, 5) is 26.8. The maximum absolute atomic E-state index is 12.9. The summed E-state index contributed by atoms with van der Waals surface area (Å²) in [5.74, 6) is 0.0845. The molecule has 0 bridgehead atoms. The number of hydrogen-bond donors (Lipinski definition) is 2. The molecule has 0 spiro atoms. The molecule has 1 unspecified atom stereocenters. The van der Waals surface area contributed by atoms with Gasteiger partial charge in [-0.1, -0.05) is 12.1 Å². The standard InChI is InChI=1S/C20H24FN3O3/c1-23(13-19(25)22-17-9-7-16(21)8-10-17)14-20(26)24(2)12-15-5-4-6-18(11-15)27-3/h4-11H,12-14H2,1-3H3,(H,22,25)/p+1. The van der Waals surface area contributed by atoms with Crippen molar-refractivity contribution in [1.29, 1.82) is 0 Å². The van der Waals surface area contributed by atoms with Crippen molar-refractivity contribution in [3.05, 3.63) is 59.9 Å². The van der Waals surface area contributed by atoms with E-state index in [4.69, 9.17) is 4.74 Å². The molecule has 2 N–H and O–H groups in total. The Bertz CT molecular complexity index is 780. The highest BCUT2D eigenvalue weighted by Gasteiger charge is 2.17. The number of ether oxygens (including phenoxy) is 1.